The van der Waals surface area contributed by atoms with E-state index in [2.05, 4.69) is 24.1 Å². The largest absolute Gasteiger partial charge is 0.484 e. The molecule has 0 spiro atoms. The molecule has 6 rings (SSSR count). The molecule has 1 aliphatic carbocycles. The number of piperidine rings is 3. The zero-order chi connectivity index (χ0) is 25.7. The predicted octanol–water partition coefficient (Wildman–Crippen LogP) is 6.39. The molecule has 2 aromatic rings. The Morgan fingerprint density at radius 1 is 1.17 bits per heavy atom. The van der Waals surface area contributed by atoms with E-state index in [0.29, 0.717) is 16.5 Å². The van der Waals surface area contributed by atoms with Crippen LogP contribution in [0.1, 0.15) is 43.9 Å². The Balaban J connectivity index is 1.29. The number of fused-ring (bicyclic) bond motifs is 4. The monoisotopic (exact) mass is 522 g/mol. The van der Waals surface area contributed by atoms with Gasteiger partial charge in [-0.25, -0.2) is 4.79 Å². The summed E-state index contributed by atoms with van der Waals surface area (Å²) in [6.07, 6.45) is -1.92. The maximum absolute atomic E-state index is 12.9. The van der Waals surface area contributed by atoms with Gasteiger partial charge in [-0.2, -0.15) is 13.2 Å². The van der Waals surface area contributed by atoms with Crippen molar-refractivity contribution in [1.82, 2.24) is 10.2 Å². The third-order valence-electron chi connectivity index (χ3n) is 7.65. The van der Waals surface area contributed by atoms with E-state index < -0.39 is 12.8 Å². The minimum Gasteiger partial charge on any atom is -0.484 e. The van der Waals surface area contributed by atoms with Gasteiger partial charge in [0, 0.05) is 12.1 Å². The summed E-state index contributed by atoms with van der Waals surface area (Å²) < 4.78 is 48.0. The number of amides is 1. The molecule has 2 bridgehead atoms. The van der Waals surface area contributed by atoms with Gasteiger partial charge in [0.2, 0.25) is 0 Å². The SMILES string of the molecule is CC1(C)Cc2cc(-c3ccc(OCC(F)(F)F)cc3Cl)ccc2[C@@H]1NC(=O)O[C@@H]1CN2CCC1CC2. The van der Waals surface area contributed by atoms with Crippen LogP contribution in [0.5, 0.6) is 5.75 Å². The first-order valence-corrected chi connectivity index (χ1v) is 12.7. The molecule has 0 aromatic heterocycles. The van der Waals surface area contributed by atoms with Crippen LogP contribution in [0.25, 0.3) is 11.1 Å². The molecule has 0 saturated carbocycles. The number of hydrogen-bond acceptors (Lipinski definition) is 4. The van der Waals surface area contributed by atoms with Gasteiger partial charge >= 0.3 is 12.3 Å². The third kappa shape index (κ3) is 5.30. The fourth-order valence-corrected chi connectivity index (χ4v) is 6.09. The molecule has 1 amide bonds. The van der Waals surface area contributed by atoms with Crippen LogP contribution in [-0.4, -0.2) is 49.5 Å². The smallest absolute Gasteiger partial charge is 0.422 e. The number of carbonyl (C=O) groups excluding carboxylic acids is 1. The quantitative estimate of drug-likeness (QED) is 0.494. The summed E-state index contributed by atoms with van der Waals surface area (Å²) in [5.41, 5.74) is 3.48. The lowest BCUT2D eigenvalue weighted by atomic mass is 9.85. The lowest BCUT2D eigenvalue weighted by Gasteiger charge is -2.44. The molecule has 5 nitrogen and oxygen atoms in total. The Morgan fingerprint density at radius 3 is 2.56 bits per heavy atom. The van der Waals surface area contributed by atoms with Gasteiger partial charge in [-0.3, -0.25) is 4.90 Å². The number of hydrogen-bond donors (Lipinski definition) is 1. The summed E-state index contributed by atoms with van der Waals surface area (Å²) in [5, 5.41) is 3.43. The van der Waals surface area contributed by atoms with Crippen molar-refractivity contribution in [3.8, 4) is 16.9 Å². The van der Waals surface area contributed by atoms with Crippen molar-refractivity contribution in [1.29, 1.82) is 0 Å². The topological polar surface area (TPSA) is 50.8 Å². The van der Waals surface area contributed by atoms with Gasteiger partial charge in [-0.05, 0) is 78.6 Å². The van der Waals surface area contributed by atoms with Crippen molar-refractivity contribution in [3.05, 3.63) is 52.5 Å². The second-order valence-corrected chi connectivity index (χ2v) is 11.2. The first kappa shape index (κ1) is 25.2. The molecular formula is C27H30ClF3N2O3. The van der Waals surface area contributed by atoms with Gasteiger partial charge in [0.25, 0.3) is 0 Å². The van der Waals surface area contributed by atoms with Crippen molar-refractivity contribution < 1.29 is 27.4 Å². The molecule has 3 saturated heterocycles. The van der Waals surface area contributed by atoms with E-state index in [1.54, 1.807) is 6.07 Å². The van der Waals surface area contributed by atoms with E-state index in [1.165, 1.54) is 12.1 Å². The number of rotatable bonds is 5. The van der Waals surface area contributed by atoms with Crippen LogP contribution < -0.4 is 10.1 Å². The van der Waals surface area contributed by atoms with E-state index in [-0.39, 0.29) is 29.4 Å². The van der Waals surface area contributed by atoms with Crippen LogP contribution in [0.2, 0.25) is 5.02 Å². The van der Waals surface area contributed by atoms with Crippen LogP contribution >= 0.6 is 11.6 Å². The van der Waals surface area contributed by atoms with Crippen LogP contribution in [0, 0.1) is 11.3 Å². The number of alkyl carbamates (subject to hydrolysis) is 1. The minimum atomic E-state index is -4.41. The van der Waals surface area contributed by atoms with Crippen molar-refractivity contribution in [2.75, 3.05) is 26.2 Å². The second-order valence-electron chi connectivity index (χ2n) is 10.8. The summed E-state index contributed by atoms with van der Waals surface area (Å²) in [4.78, 5) is 15.2. The van der Waals surface area contributed by atoms with E-state index in [0.717, 1.165) is 55.6 Å². The molecule has 0 unspecified atom stereocenters. The number of nitrogens with one attached hydrogen (secondary N) is 1. The lowest BCUT2D eigenvalue weighted by Crippen LogP contribution is -2.53. The van der Waals surface area contributed by atoms with Gasteiger partial charge in [-0.15, -0.1) is 0 Å². The molecule has 9 heteroatoms. The Morgan fingerprint density at radius 2 is 1.92 bits per heavy atom. The second kappa shape index (κ2) is 9.45. The average Bonchev–Trinajstić information content (AvgIpc) is 3.06. The molecule has 3 heterocycles. The molecule has 36 heavy (non-hydrogen) atoms. The summed E-state index contributed by atoms with van der Waals surface area (Å²) in [6.45, 7) is 5.85. The maximum Gasteiger partial charge on any atom is 0.422 e. The molecule has 4 aliphatic rings. The van der Waals surface area contributed by atoms with Gasteiger partial charge in [0.1, 0.15) is 11.9 Å². The van der Waals surface area contributed by atoms with Crippen LogP contribution in [-0.2, 0) is 11.2 Å². The van der Waals surface area contributed by atoms with Gasteiger partial charge in [0.15, 0.2) is 6.61 Å². The van der Waals surface area contributed by atoms with Gasteiger partial charge < -0.3 is 14.8 Å². The number of carbonyl (C=O) groups is 1. The maximum atomic E-state index is 12.9. The highest BCUT2D eigenvalue weighted by Crippen LogP contribution is 2.47. The first-order valence-electron chi connectivity index (χ1n) is 12.3. The number of halogens is 4. The Labute approximate surface area is 213 Å². The summed E-state index contributed by atoms with van der Waals surface area (Å²) in [5.74, 6) is 0.510. The fraction of sp³-hybridized carbons (Fsp3) is 0.519. The van der Waals surface area contributed by atoms with E-state index >= 15 is 0 Å². The summed E-state index contributed by atoms with van der Waals surface area (Å²) in [7, 11) is 0. The summed E-state index contributed by atoms with van der Waals surface area (Å²) >= 11 is 6.40. The lowest BCUT2D eigenvalue weighted by molar-refractivity contribution is -0.153. The average molecular weight is 523 g/mol. The number of ether oxygens (including phenoxy) is 2. The van der Waals surface area contributed by atoms with Crippen LogP contribution in [0.15, 0.2) is 36.4 Å². The van der Waals surface area contributed by atoms with E-state index in [1.807, 2.05) is 18.2 Å². The fourth-order valence-electron chi connectivity index (χ4n) is 5.81. The third-order valence-corrected chi connectivity index (χ3v) is 7.97. The number of alkyl halides is 3. The molecule has 0 radical (unpaired) electrons. The highest BCUT2D eigenvalue weighted by molar-refractivity contribution is 6.33. The normalized spacial score (nSPS) is 26.4. The van der Waals surface area contributed by atoms with Crippen LogP contribution in [0.3, 0.4) is 0 Å². The van der Waals surface area contributed by atoms with E-state index in [4.69, 9.17) is 21.1 Å². The summed E-state index contributed by atoms with van der Waals surface area (Å²) in [6, 6.07) is 10.3. The molecular weight excluding hydrogens is 493 g/mol. The highest BCUT2D eigenvalue weighted by Gasteiger charge is 2.42. The molecule has 2 atom stereocenters. The molecule has 1 N–H and O–H groups in total. The van der Waals surface area contributed by atoms with Crippen molar-refractivity contribution in [3.63, 3.8) is 0 Å². The van der Waals surface area contributed by atoms with Crippen molar-refractivity contribution >= 4 is 17.7 Å². The van der Waals surface area contributed by atoms with Gasteiger partial charge in [-0.1, -0.05) is 43.6 Å². The number of benzene rings is 2. The Bertz CT molecular complexity index is 1150. The minimum absolute atomic E-state index is 0.0518. The van der Waals surface area contributed by atoms with Crippen molar-refractivity contribution in [2.45, 2.75) is 51.4 Å². The zero-order valence-corrected chi connectivity index (χ0v) is 21.1. The number of nitrogens with zero attached hydrogens (tertiary/aromatic N) is 1. The van der Waals surface area contributed by atoms with Gasteiger partial charge in [0.05, 0.1) is 11.1 Å². The molecule has 2 aromatic carbocycles. The van der Waals surface area contributed by atoms with Crippen molar-refractivity contribution in [2.24, 2.45) is 11.3 Å². The van der Waals surface area contributed by atoms with Crippen LogP contribution in [0.4, 0.5) is 18.0 Å². The molecule has 3 fully saturated rings. The Kier molecular flexibility index (Phi) is 6.62. The van der Waals surface area contributed by atoms with E-state index in [9.17, 15) is 18.0 Å². The molecule has 194 valence electrons. The highest BCUT2D eigenvalue weighted by atomic mass is 35.5. The standard InChI is InChI=1S/C27H30ClF3N2O3/c1-26(2)13-18-11-17(20-6-4-19(12-22(20)28)35-15-27(29,30)31)3-5-21(18)24(26)32-25(34)36-23-14-33-9-7-16(23)8-10-33/h3-6,11-12,16,23-24H,7-10,13-15H2,1-2H3,(H,32,34)/t23-,24+/m1/s1. The Hall–Kier alpha value is -2.45. The predicted molar refractivity (Wildman–Crippen MR) is 131 cm³/mol. The zero-order valence-electron chi connectivity index (χ0n) is 20.3. The first-order chi connectivity index (χ1) is 17.0. The molecule has 3 aliphatic heterocycles.